The summed E-state index contributed by atoms with van der Waals surface area (Å²) in [5.41, 5.74) is -0.519. The number of hydrogen-bond acceptors (Lipinski definition) is 6. The summed E-state index contributed by atoms with van der Waals surface area (Å²) in [6, 6.07) is 10.8. The summed E-state index contributed by atoms with van der Waals surface area (Å²) in [6.45, 7) is 7.18. The van der Waals surface area contributed by atoms with E-state index >= 15 is 8.78 Å². The molecule has 8 nitrogen and oxygen atoms in total. The fourth-order valence-corrected chi connectivity index (χ4v) is 6.76. The highest BCUT2D eigenvalue weighted by molar-refractivity contribution is 7.91. The third-order valence-electron chi connectivity index (χ3n) is 8.75. The summed E-state index contributed by atoms with van der Waals surface area (Å²) in [5, 5.41) is -2.49. The molecule has 0 spiro atoms. The molecule has 2 saturated heterocycles. The average Bonchev–Trinajstić information content (AvgIpc) is 3.64. The Morgan fingerprint density at radius 2 is 1.71 bits per heavy atom. The lowest BCUT2D eigenvalue weighted by Crippen LogP contribution is -2.63. The van der Waals surface area contributed by atoms with E-state index in [9.17, 15) is 17.6 Å². The molecule has 2 aromatic carbocycles. The second kappa shape index (κ2) is 11.1. The van der Waals surface area contributed by atoms with Gasteiger partial charge in [-0.25, -0.2) is 31.1 Å². The number of rotatable bonds is 8. The number of nitrogens with zero attached hydrogens (tertiary/aromatic N) is 1. The lowest BCUT2D eigenvalue weighted by atomic mass is 9.77. The topological polar surface area (TPSA) is 94.2 Å². The Kier molecular flexibility index (Phi) is 8.19. The monoisotopic (exact) mass is 608 g/mol. The zero-order valence-electron chi connectivity index (χ0n) is 24.1. The van der Waals surface area contributed by atoms with Gasteiger partial charge in [0.25, 0.3) is 0 Å². The molecule has 2 aromatic rings. The Labute approximate surface area is 245 Å². The molecule has 0 aromatic heterocycles. The lowest BCUT2D eigenvalue weighted by Gasteiger charge is -2.42. The quantitative estimate of drug-likeness (QED) is 0.453. The van der Waals surface area contributed by atoms with E-state index in [4.69, 9.17) is 14.0 Å². The van der Waals surface area contributed by atoms with Gasteiger partial charge < -0.3 is 18.9 Å². The van der Waals surface area contributed by atoms with Gasteiger partial charge >= 0.3 is 13.2 Å². The highest BCUT2D eigenvalue weighted by Gasteiger charge is 2.58. The number of nitrogens with one attached hydrogen (secondary N) is 1. The Morgan fingerprint density at radius 3 is 2.33 bits per heavy atom. The molecule has 1 saturated carbocycles. The molecule has 3 fully saturated rings. The van der Waals surface area contributed by atoms with Gasteiger partial charge in [0, 0.05) is 24.8 Å². The van der Waals surface area contributed by atoms with Crippen molar-refractivity contribution in [2.75, 3.05) is 6.54 Å². The van der Waals surface area contributed by atoms with Crippen LogP contribution in [0.25, 0.3) is 0 Å². The van der Waals surface area contributed by atoms with E-state index in [-0.39, 0.29) is 49.9 Å². The van der Waals surface area contributed by atoms with Crippen molar-refractivity contribution in [3.8, 4) is 0 Å². The highest BCUT2D eigenvalue weighted by Crippen LogP contribution is 2.45. The number of alkyl halides is 2. The van der Waals surface area contributed by atoms with Gasteiger partial charge in [-0.05, 0) is 51.7 Å². The van der Waals surface area contributed by atoms with E-state index in [0.717, 1.165) is 0 Å². The van der Waals surface area contributed by atoms with Gasteiger partial charge in [-0.1, -0.05) is 48.5 Å². The molecule has 228 valence electrons. The van der Waals surface area contributed by atoms with E-state index in [2.05, 4.69) is 4.72 Å². The van der Waals surface area contributed by atoms with Crippen LogP contribution in [0.2, 0.25) is 0 Å². The van der Waals surface area contributed by atoms with Gasteiger partial charge in [0.05, 0.1) is 23.3 Å². The minimum absolute atomic E-state index is 0.0717. The largest absolute Gasteiger partial charge is 0.497 e. The number of piperidine rings is 1. The lowest BCUT2D eigenvalue weighted by molar-refractivity contribution is 0.00578. The maximum absolute atomic E-state index is 16.1. The second-order valence-electron chi connectivity index (χ2n) is 12.2. The first-order chi connectivity index (χ1) is 19.6. The van der Waals surface area contributed by atoms with Crippen molar-refractivity contribution in [1.82, 2.24) is 9.62 Å². The van der Waals surface area contributed by atoms with Crippen LogP contribution < -0.4 is 10.2 Å². The third kappa shape index (κ3) is 5.93. The summed E-state index contributed by atoms with van der Waals surface area (Å²) in [7, 11) is -5.59. The molecule has 2 heterocycles. The molecule has 0 unspecified atom stereocenters. The molecule has 3 atom stereocenters. The maximum Gasteiger partial charge on any atom is 0.497 e. The van der Waals surface area contributed by atoms with Gasteiger partial charge in [-0.3, -0.25) is 0 Å². The van der Waals surface area contributed by atoms with Crippen LogP contribution >= 0.6 is 0 Å². The normalized spacial score (nSPS) is 26.2. The highest BCUT2D eigenvalue weighted by atomic mass is 32.2. The number of carbonyl (C=O) groups is 1. The zero-order chi connectivity index (χ0) is 30.5. The molecule has 1 N–H and O–H groups in total. The molecule has 1 amide bonds. The van der Waals surface area contributed by atoms with Crippen molar-refractivity contribution in [2.24, 2.45) is 0 Å². The number of hydrogen-bond donors (Lipinski definition) is 1. The van der Waals surface area contributed by atoms with E-state index in [1.165, 1.54) is 17.0 Å². The molecule has 13 heteroatoms. The molecular formula is C29H36BF3N2O6S. The summed E-state index contributed by atoms with van der Waals surface area (Å²) >= 11 is 0. The third-order valence-corrected chi connectivity index (χ3v) is 10.7. The van der Waals surface area contributed by atoms with Crippen LogP contribution in [-0.2, 0) is 37.1 Å². The van der Waals surface area contributed by atoms with Crippen LogP contribution in [0.1, 0.15) is 58.1 Å². The van der Waals surface area contributed by atoms with Crippen molar-refractivity contribution in [3.63, 3.8) is 0 Å². The van der Waals surface area contributed by atoms with E-state index in [0.29, 0.717) is 5.56 Å². The van der Waals surface area contributed by atoms with E-state index in [1.807, 2.05) is 33.8 Å². The zero-order valence-corrected chi connectivity index (χ0v) is 24.9. The first-order valence-corrected chi connectivity index (χ1v) is 15.6. The summed E-state index contributed by atoms with van der Waals surface area (Å²) < 4.78 is 91.6. The Bertz CT molecular complexity index is 1410. The van der Waals surface area contributed by atoms with Crippen molar-refractivity contribution in [3.05, 3.63) is 65.5 Å². The summed E-state index contributed by atoms with van der Waals surface area (Å²) in [6.07, 6.45) is -3.45. The Morgan fingerprint density at radius 1 is 1.07 bits per heavy atom. The molecule has 42 heavy (non-hydrogen) atoms. The number of ether oxygens (including phenoxy) is 1. The molecule has 1 aliphatic carbocycles. The SMILES string of the molecule is CC1(C)OB(c2cccc(C[C@H]3[C@@H](NS(=O)(=O)C4(F)CC4)[C@@H](F)CCN3C(=O)OCc3ccccc3)c2F)OC1(C)C. The van der Waals surface area contributed by atoms with Gasteiger partial charge in [0.2, 0.25) is 15.0 Å². The van der Waals surface area contributed by atoms with Crippen molar-refractivity contribution in [1.29, 1.82) is 0 Å². The number of likely N-dealkylation sites (tertiary alicyclic amines) is 1. The Hall–Kier alpha value is -2.61. The average molecular weight is 608 g/mol. The summed E-state index contributed by atoms with van der Waals surface area (Å²) in [4.78, 5) is 14.5. The van der Waals surface area contributed by atoms with Crippen LogP contribution in [0.4, 0.5) is 18.0 Å². The van der Waals surface area contributed by atoms with Crippen molar-refractivity contribution < 1.29 is 40.4 Å². The first-order valence-electron chi connectivity index (χ1n) is 14.1. The van der Waals surface area contributed by atoms with E-state index in [1.54, 1.807) is 30.3 Å². The fourth-order valence-electron chi connectivity index (χ4n) is 5.25. The van der Waals surface area contributed by atoms with Gasteiger partial charge in [0.1, 0.15) is 18.6 Å². The van der Waals surface area contributed by atoms with Crippen LogP contribution in [0.3, 0.4) is 0 Å². The first kappa shape index (κ1) is 30.8. The van der Waals surface area contributed by atoms with Crippen LogP contribution in [0.15, 0.2) is 48.5 Å². The van der Waals surface area contributed by atoms with Crippen LogP contribution in [0.5, 0.6) is 0 Å². The minimum atomic E-state index is -4.58. The number of carbonyl (C=O) groups excluding carboxylic acids is 1. The fraction of sp³-hybridized carbons (Fsp3) is 0.552. The van der Waals surface area contributed by atoms with Gasteiger partial charge in [0.15, 0.2) is 0 Å². The predicted molar refractivity (Wildman–Crippen MR) is 151 cm³/mol. The van der Waals surface area contributed by atoms with Crippen LogP contribution in [-0.4, -0.2) is 67.5 Å². The number of amides is 1. The molecular weight excluding hydrogens is 572 g/mol. The summed E-state index contributed by atoms with van der Waals surface area (Å²) in [5.74, 6) is -0.680. The van der Waals surface area contributed by atoms with Gasteiger partial charge in [-0.15, -0.1) is 0 Å². The second-order valence-corrected chi connectivity index (χ2v) is 14.2. The standard InChI is InChI=1S/C29H36BF3N2O6S/c1-27(2)28(3,4)41-30(40-27)21-12-8-11-20(24(21)32)17-23-25(34-42(37,38)29(33)14-15-29)22(31)13-16-35(23)26(36)39-18-19-9-6-5-7-10-19/h5-12,22-23,25,34H,13-18H2,1-4H3/t22-,23-,25-/m0/s1. The number of benzene rings is 2. The Balaban J connectivity index is 1.45. The van der Waals surface area contributed by atoms with Gasteiger partial charge in [-0.2, -0.15) is 0 Å². The molecule has 0 bridgehead atoms. The maximum atomic E-state index is 16.1. The smallest absolute Gasteiger partial charge is 0.445 e. The molecule has 5 rings (SSSR count). The molecule has 2 aliphatic heterocycles. The van der Waals surface area contributed by atoms with Crippen LogP contribution in [0, 0.1) is 5.82 Å². The number of halogens is 3. The minimum Gasteiger partial charge on any atom is -0.445 e. The molecule has 0 radical (unpaired) electrons. The number of sulfonamides is 1. The predicted octanol–water partition coefficient (Wildman–Crippen LogP) is 4.16. The molecule has 3 aliphatic rings. The van der Waals surface area contributed by atoms with Crippen molar-refractivity contribution >= 4 is 28.7 Å². The van der Waals surface area contributed by atoms with E-state index < -0.39 is 63.5 Å². The van der Waals surface area contributed by atoms with Crippen molar-refractivity contribution in [2.45, 2.75) is 94.4 Å².